The lowest BCUT2D eigenvalue weighted by Crippen LogP contribution is -2.00. The van der Waals surface area contributed by atoms with Gasteiger partial charge in [0.05, 0.1) is 11.0 Å². The molecule has 4 aromatic rings. The lowest BCUT2D eigenvalue weighted by molar-refractivity contribution is 0.734. The van der Waals surface area contributed by atoms with Gasteiger partial charge in [-0.25, -0.2) is 0 Å². The molecule has 0 N–H and O–H groups in total. The normalized spacial score (nSPS) is 17.7. The quantitative estimate of drug-likeness (QED) is 0.415. The predicted octanol–water partition coefficient (Wildman–Crippen LogP) is 6.21. The van der Waals surface area contributed by atoms with Crippen LogP contribution >= 0.6 is 0 Å². The van der Waals surface area contributed by atoms with Crippen LogP contribution in [0.5, 0.6) is 0 Å². The summed E-state index contributed by atoms with van der Waals surface area (Å²) in [7, 11) is 0. The lowest BCUT2D eigenvalue weighted by atomic mass is 10.0. The number of para-hydroxylation sites is 1. The molecule has 0 saturated carbocycles. The first kappa shape index (κ1) is 14.6. The minimum absolute atomic E-state index is 0.600. The Morgan fingerprint density at radius 1 is 0.960 bits per heavy atom. The molecule has 0 bridgehead atoms. The monoisotopic (exact) mass is 326 g/mol. The second-order valence-electron chi connectivity index (χ2n) is 7.05. The fourth-order valence-electron chi connectivity index (χ4n) is 4.30. The minimum atomic E-state index is 0.600. The van der Waals surface area contributed by atoms with E-state index in [1.54, 1.807) is 0 Å². The molecule has 0 spiro atoms. The lowest BCUT2D eigenvalue weighted by Gasteiger charge is -2.14. The van der Waals surface area contributed by atoms with E-state index in [4.69, 9.17) is 0 Å². The molecule has 1 atom stereocenters. The molecule has 1 unspecified atom stereocenters. The van der Waals surface area contributed by atoms with Crippen LogP contribution in [-0.2, 0) is 6.54 Å². The summed E-state index contributed by atoms with van der Waals surface area (Å²) in [4.78, 5) is 0. The van der Waals surface area contributed by atoms with Gasteiger partial charge in [-0.15, -0.1) is 0 Å². The number of aryl methyl sites for hydroxylation is 1. The highest BCUT2D eigenvalue weighted by Gasteiger charge is 2.15. The molecule has 0 amide bonds. The van der Waals surface area contributed by atoms with Gasteiger partial charge in [-0.2, -0.15) is 0 Å². The van der Waals surface area contributed by atoms with E-state index in [9.17, 15) is 0 Å². The van der Waals surface area contributed by atoms with Gasteiger partial charge in [-0.3, -0.25) is 0 Å². The molecule has 1 aliphatic carbocycles. The molecule has 0 aliphatic heterocycles. The van der Waals surface area contributed by atoms with Crippen LogP contribution in [0.3, 0.4) is 0 Å². The van der Waals surface area contributed by atoms with Crippen LogP contribution in [0.4, 0.5) is 0 Å². The maximum absolute atomic E-state index is 2.45. The largest absolute Gasteiger partial charge is 0.340 e. The third kappa shape index (κ3) is 2.03. The number of rotatable bonds is 2. The fourth-order valence-corrected chi connectivity index (χ4v) is 4.30. The van der Waals surface area contributed by atoms with Crippen molar-refractivity contribution >= 4 is 38.4 Å². The molecule has 0 radical (unpaired) electrons. The van der Waals surface area contributed by atoms with Gasteiger partial charge >= 0.3 is 0 Å². The topological polar surface area (TPSA) is 9.86 Å². The summed E-state index contributed by atoms with van der Waals surface area (Å²) in [5, 5.41) is 4.03. The first-order valence-electron chi connectivity index (χ1n) is 9.17. The Bertz CT molecular complexity index is 1170. The third-order valence-corrected chi connectivity index (χ3v) is 5.44. The van der Waals surface area contributed by atoms with E-state index in [-0.39, 0.29) is 0 Å². The second kappa shape index (κ2) is 5.38. The molecular formula is C23H22N2. The number of aromatic nitrogens is 2. The molecule has 2 aromatic heterocycles. The number of hydrogen-bond acceptors (Lipinski definition) is 0. The Hall–Kier alpha value is -2.74. The Labute approximate surface area is 147 Å². The summed E-state index contributed by atoms with van der Waals surface area (Å²) in [5.41, 5.74) is 5.25. The van der Waals surface area contributed by atoms with Gasteiger partial charge in [-0.1, -0.05) is 43.3 Å². The maximum Gasteiger partial charge on any atom is 0.0586 e. The Balaban J connectivity index is 1.87. The van der Waals surface area contributed by atoms with Gasteiger partial charge < -0.3 is 9.13 Å². The van der Waals surface area contributed by atoms with E-state index in [1.165, 1.54) is 38.4 Å². The maximum atomic E-state index is 2.45. The van der Waals surface area contributed by atoms with Crippen molar-refractivity contribution < 1.29 is 0 Å². The van der Waals surface area contributed by atoms with E-state index < -0.39 is 0 Å². The van der Waals surface area contributed by atoms with Crippen molar-refractivity contribution in [2.24, 2.45) is 5.92 Å². The zero-order valence-corrected chi connectivity index (χ0v) is 14.7. The average molecular weight is 326 g/mol. The highest BCUT2D eigenvalue weighted by atomic mass is 15.0. The van der Waals surface area contributed by atoms with Crippen molar-refractivity contribution in [3.8, 4) is 0 Å². The number of nitrogens with zero attached hydrogens (tertiary/aromatic N) is 2. The molecular weight excluding hydrogens is 304 g/mol. The van der Waals surface area contributed by atoms with Gasteiger partial charge in [0.25, 0.3) is 0 Å². The Morgan fingerprint density at radius 3 is 2.68 bits per heavy atom. The van der Waals surface area contributed by atoms with Crippen LogP contribution in [-0.4, -0.2) is 9.13 Å². The molecule has 1 aliphatic rings. The average Bonchev–Trinajstić information content (AvgIpc) is 3.20. The number of fused-ring (bicyclic) bond motifs is 5. The highest BCUT2D eigenvalue weighted by Crippen LogP contribution is 2.36. The van der Waals surface area contributed by atoms with Gasteiger partial charge in [0, 0.05) is 40.1 Å². The second-order valence-corrected chi connectivity index (χ2v) is 7.05. The third-order valence-electron chi connectivity index (χ3n) is 5.44. The van der Waals surface area contributed by atoms with Crippen molar-refractivity contribution in [2.75, 3.05) is 0 Å². The molecule has 5 rings (SSSR count). The molecule has 2 nitrogen and oxygen atoms in total. The zero-order valence-electron chi connectivity index (χ0n) is 14.7. The summed E-state index contributed by atoms with van der Waals surface area (Å²) >= 11 is 0. The standard InChI is InChI=1S/C23H22N2/c1-3-24-21-10-5-4-9-18(21)19-11-12-22-20(23(19)24)13-14-25(22)17-8-6-7-16(2)15-17/h4-6,8-16H,3,7H2,1-2H3. The van der Waals surface area contributed by atoms with Crippen LogP contribution in [0.25, 0.3) is 38.4 Å². The molecule has 124 valence electrons. The van der Waals surface area contributed by atoms with Crippen molar-refractivity contribution in [2.45, 2.75) is 26.8 Å². The van der Waals surface area contributed by atoms with E-state index in [0.717, 1.165) is 13.0 Å². The van der Waals surface area contributed by atoms with Crippen LogP contribution in [0.2, 0.25) is 0 Å². The minimum Gasteiger partial charge on any atom is -0.340 e. The smallest absolute Gasteiger partial charge is 0.0586 e. The van der Waals surface area contributed by atoms with Gasteiger partial charge in [0.1, 0.15) is 0 Å². The molecule has 2 aromatic carbocycles. The van der Waals surface area contributed by atoms with Crippen molar-refractivity contribution in [3.05, 3.63) is 66.9 Å². The zero-order chi connectivity index (χ0) is 17.0. The van der Waals surface area contributed by atoms with Gasteiger partial charge in [0.15, 0.2) is 0 Å². The molecule has 25 heavy (non-hydrogen) atoms. The number of allylic oxidation sites excluding steroid dienone is 4. The molecule has 2 heteroatoms. The van der Waals surface area contributed by atoms with E-state index >= 15 is 0 Å². The Kier molecular flexibility index (Phi) is 3.14. The summed E-state index contributed by atoms with van der Waals surface area (Å²) in [6.45, 7) is 5.49. The van der Waals surface area contributed by atoms with E-state index in [1.807, 2.05) is 0 Å². The van der Waals surface area contributed by atoms with Crippen LogP contribution in [0.1, 0.15) is 20.3 Å². The summed E-state index contributed by atoms with van der Waals surface area (Å²) in [5.74, 6) is 0.600. The van der Waals surface area contributed by atoms with Crippen molar-refractivity contribution in [1.29, 1.82) is 0 Å². The van der Waals surface area contributed by atoms with E-state index in [2.05, 4.69) is 89.9 Å². The van der Waals surface area contributed by atoms with E-state index in [0.29, 0.717) is 5.92 Å². The predicted molar refractivity (Wildman–Crippen MR) is 108 cm³/mol. The van der Waals surface area contributed by atoms with Crippen LogP contribution < -0.4 is 0 Å². The number of hydrogen-bond donors (Lipinski definition) is 0. The fraction of sp³-hybridized carbons (Fsp3) is 0.217. The molecule has 2 heterocycles. The first-order chi connectivity index (χ1) is 12.3. The highest BCUT2D eigenvalue weighted by molar-refractivity contribution is 6.17. The first-order valence-corrected chi connectivity index (χ1v) is 9.17. The van der Waals surface area contributed by atoms with Crippen LogP contribution in [0, 0.1) is 5.92 Å². The van der Waals surface area contributed by atoms with Crippen LogP contribution in [0.15, 0.2) is 66.9 Å². The summed E-state index contributed by atoms with van der Waals surface area (Å²) in [6, 6.07) is 15.6. The number of benzene rings is 2. The van der Waals surface area contributed by atoms with Gasteiger partial charge in [0.2, 0.25) is 0 Å². The summed E-state index contributed by atoms with van der Waals surface area (Å²) < 4.78 is 4.78. The summed E-state index contributed by atoms with van der Waals surface area (Å²) in [6.07, 6.45) is 10.3. The Morgan fingerprint density at radius 2 is 1.84 bits per heavy atom. The van der Waals surface area contributed by atoms with Crippen molar-refractivity contribution in [3.63, 3.8) is 0 Å². The molecule has 0 fully saturated rings. The molecule has 0 saturated heterocycles. The SMILES string of the molecule is CCn1c2ccccc2c2ccc3c(ccn3C3=CC(C)CC=C3)c21. The van der Waals surface area contributed by atoms with Crippen molar-refractivity contribution in [1.82, 2.24) is 9.13 Å². The van der Waals surface area contributed by atoms with Gasteiger partial charge in [-0.05, 0) is 43.5 Å².